The van der Waals surface area contributed by atoms with Gasteiger partial charge in [0, 0.05) is 27.8 Å². The number of carboxylic acids is 5. The Balaban J connectivity index is 0.000000154. The van der Waals surface area contributed by atoms with Crippen LogP contribution >= 0.6 is 0 Å². The third kappa shape index (κ3) is 12.1. The van der Waals surface area contributed by atoms with E-state index in [0.29, 0.717) is 0 Å². The van der Waals surface area contributed by atoms with Crippen LogP contribution in [0.1, 0.15) is 51.8 Å². The molecule has 0 bridgehead atoms. The van der Waals surface area contributed by atoms with Crippen molar-refractivity contribution in [1.82, 2.24) is 0 Å². The number of benzene rings is 10. The molecule has 10 nitrogen and oxygen atoms in total. The SMILES string of the molecule is O=C([O-])c1cccc2ccccc12.O=C([O-])c1cccc2ccccc12.O=C([O-])c1cccc2ccccc12.O=C([O-])c1cccc2ccccc12.O=C([O-])c1cccc2ccccc12.[V+5]. The van der Waals surface area contributed by atoms with Gasteiger partial charge in [-0.15, -0.1) is 0 Å². The van der Waals surface area contributed by atoms with Crippen LogP contribution in [0, 0.1) is 0 Å². The van der Waals surface area contributed by atoms with Gasteiger partial charge in [-0.05, 0) is 53.9 Å². The third-order valence-corrected chi connectivity index (χ3v) is 10.0. The number of carbonyl (C=O) groups is 5. The molecular weight excluding hydrogens is 872 g/mol. The Kier molecular flexibility index (Phi) is 17.0. The molecule has 0 heterocycles. The van der Waals surface area contributed by atoms with Gasteiger partial charge >= 0.3 is 18.6 Å². The quantitative estimate of drug-likeness (QED) is 0.197. The molecule has 0 aromatic heterocycles. The molecule has 0 saturated heterocycles. The van der Waals surface area contributed by atoms with E-state index in [1.807, 2.05) is 121 Å². The second-order valence-electron chi connectivity index (χ2n) is 14.1. The van der Waals surface area contributed by atoms with Crippen LogP contribution in [0.15, 0.2) is 212 Å². The van der Waals surface area contributed by atoms with Gasteiger partial charge in [0.15, 0.2) is 0 Å². The van der Waals surface area contributed by atoms with E-state index in [1.165, 1.54) is 0 Å². The minimum atomic E-state index is -1.13. The molecular formula is C55H35O10V. The van der Waals surface area contributed by atoms with Crippen LogP contribution in [-0.2, 0) is 18.6 Å². The molecule has 0 amide bonds. The van der Waals surface area contributed by atoms with E-state index in [0.717, 1.165) is 53.9 Å². The largest absolute Gasteiger partial charge is 5.00 e. The Morgan fingerprint density at radius 2 is 0.348 bits per heavy atom. The van der Waals surface area contributed by atoms with Crippen LogP contribution in [0.4, 0.5) is 0 Å². The molecule has 0 N–H and O–H groups in total. The van der Waals surface area contributed by atoms with Gasteiger partial charge < -0.3 is 49.5 Å². The van der Waals surface area contributed by atoms with E-state index in [2.05, 4.69) is 0 Å². The van der Waals surface area contributed by atoms with Gasteiger partial charge in [0.05, 0.1) is 29.8 Å². The zero-order valence-corrected chi connectivity index (χ0v) is 36.1. The van der Waals surface area contributed by atoms with Gasteiger partial charge in [0.2, 0.25) is 0 Å². The van der Waals surface area contributed by atoms with Gasteiger partial charge in [0.25, 0.3) is 0 Å². The van der Waals surface area contributed by atoms with E-state index < -0.39 is 29.8 Å². The van der Waals surface area contributed by atoms with Crippen LogP contribution in [0.25, 0.3) is 53.9 Å². The summed E-state index contributed by atoms with van der Waals surface area (Å²) in [6, 6.07) is 62.5. The van der Waals surface area contributed by atoms with Crippen molar-refractivity contribution in [3.63, 3.8) is 0 Å². The molecule has 0 aliphatic carbocycles. The first kappa shape index (κ1) is 48.5. The smallest absolute Gasteiger partial charge is 0.545 e. The summed E-state index contributed by atoms with van der Waals surface area (Å²) < 4.78 is 0. The van der Waals surface area contributed by atoms with E-state index in [4.69, 9.17) is 0 Å². The third-order valence-electron chi connectivity index (χ3n) is 10.0. The minimum Gasteiger partial charge on any atom is -0.545 e. The van der Waals surface area contributed by atoms with Crippen molar-refractivity contribution in [1.29, 1.82) is 0 Å². The minimum absolute atomic E-state index is 0. The number of rotatable bonds is 5. The topological polar surface area (TPSA) is 201 Å². The number of carboxylic acid groups (broad SMARTS) is 5. The first-order chi connectivity index (χ1) is 31.4. The number of aromatic carboxylic acids is 5. The maximum absolute atomic E-state index is 10.7. The van der Waals surface area contributed by atoms with Crippen molar-refractivity contribution in [2.45, 2.75) is 0 Å². The summed E-state index contributed by atoms with van der Waals surface area (Å²) in [5.74, 6) is -5.64. The molecule has 0 radical (unpaired) electrons. The molecule has 0 saturated carbocycles. The normalized spacial score (nSPS) is 10.0. The Bertz CT molecular complexity index is 2800. The molecule has 320 valence electrons. The summed E-state index contributed by atoms with van der Waals surface area (Å²) in [6.07, 6.45) is 0. The molecule has 11 heteroatoms. The van der Waals surface area contributed by atoms with E-state index >= 15 is 0 Å². The Labute approximate surface area is 390 Å². The predicted molar refractivity (Wildman–Crippen MR) is 241 cm³/mol. The number of hydrogen-bond donors (Lipinski definition) is 0. The Hall–Kier alpha value is -8.57. The van der Waals surface area contributed by atoms with Crippen molar-refractivity contribution in [2.24, 2.45) is 0 Å². The summed E-state index contributed by atoms with van der Waals surface area (Å²) in [6.45, 7) is 0. The van der Waals surface area contributed by atoms with Crippen LogP contribution < -0.4 is 25.5 Å². The zero-order chi connectivity index (χ0) is 46.3. The van der Waals surface area contributed by atoms with Crippen LogP contribution in [0.2, 0.25) is 0 Å². The molecule has 10 aromatic rings. The van der Waals surface area contributed by atoms with Crippen molar-refractivity contribution in [3.05, 3.63) is 240 Å². The first-order valence-electron chi connectivity index (χ1n) is 19.9. The molecule has 0 aliphatic heterocycles. The molecule has 10 aromatic carbocycles. The standard InChI is InChI=1S/5C11H8O2.V/c5*12-11(13)10-7-3-5-8-4-1-2-6-9(8)10;/h5*1-7H,(H,12,13);/q;;;;;+5/p-5. The average molecular weight is 907 g/mol. The maximum Gasteiger partial charge on any atom is 5.00 e. The molecule has 0 atom stereocenters. The molecule has 10 rings (SSSR count). The van der Waals surface area contributed by atoms with Gasteiger partial charge in [-0.1, -0.05) is 212 Å². The molecule has 0 aliphatic rings. The first-order valence-corrected chi connectivity index (χ1v) is 19.9. The summed E-state index contributed by atoms with van der Waals surface area (Å²) in [7, 11) is 0. The van der Waals surface area contributed by atoms with Crippen molar-refractivity contribution >= 4 is 83.7 Å². The van der Waals surface area contributed by atoms with Crippen molar-refractivity contribution < 1.29 is 68.1 Å². The fourth-order valence-corrected chi connectivity index (χ4v) is 7.02. The predicted octanol–water partition coefficient (Wildman–Crippen LogP) is 6.01. The fraction of sp³-hybridized carbons (Fsp3) is 0. The summed E-state index contributed by atoms with van der Waals surface area (Å²) in [5.41, 5.74) is 1.24. The van der Waals surface area contributed by atoms with Gasteiger partial charge in [-0.25, -0.2) is 0 Å². The molecule has 0 spiro atoms. The summed E-state index contributed by atoms with van der Waals surface area (Å²) in [5, 5.41) is 61.8. The Morgan fingerprint density at radius 1 is 0.212 bits per heavy atom. The number of carbonyl (C=O) groups excluding carboxylic acids is 5. The van der Waals surface area contributed by atoms with Crippen molar-refractivity contribution in [2.75, 3.05) is 0 Å². The fourth-order valence-electron chi connectivity index (χ4n) is 7.02. The van der Waals surface area contributed by atoms with Gasteiger partial charge in [-0.2, -0.15) is 0 Å². The second-order valence-corrected chi connectivity index (χ2v) is 14.1. The summed E-state index contributed by atoms with van der Waals surface area (Å²) >= 11 is 0. The van der Waals surface area contributed by atoms with E-state index in [1.54, 1.807) is 91.0 Å². The molecule has 0 unspecified atom stereocenters. The maximum atomic E-state index is 10.7. The van der Waals surface area contributed by atoms with E-state index in [9.17, 15) is 49.5 Å². The van der Waals surface area contributed by atoms with Crippen LogP contribution in [-0.4, -0.2) is 29.8 Å². The number of fused-ring (bicyclic) bond motifs is 5. The van der Waals surface area contributed by atoms with Crippen LogP contribution in [0.5, 0.6) is 0 Å². The van der Waals surface area contributed by atoms with Crippen molar-refractivity contribution in [3.8, 4) is 0 Å². The van der Waals surface area contributed by atoms with Gasteiger partial charge in [0.1, 0.15) is 0 Å². The second kappa shape index (κ2) is 23.2. The number of hydrogen-bond acceptors (Lipinski definition) is 10. The Morgan fingerprint density at radius 3 is 0.500 bits per heavy atom. The van der Waals surface area contributed by atoms with E-state index in [-0.39, 0.29) is 46.4 Å². The molecule has 66 heavy (non-hydrogen) atoms. The van der Waals surface area contributed by atoms with Gasteiger partial charge in [-0.3, -0.25) is 0 Å². The zero-order valence-electron chi connectivity index (χ0n) is 34.7. The average Bonchev–Trinajstić information content (AvgIpc) is 3.33. The van der Waals surface area contributed by atoms with Crippen LogP contribution in [0.3, 0.4) is 0 Å². The molecule has 0 fully saturated rings. The summed E-state index contributed by atoms with van der Waals surface area (Å²) in [4.78, 5) is 53.5. The monoisotopic (exact) mass is 906 g/mol.